The molecule has 2 bridgehead atoms. The maximum absolute atomic E-state index is 5.98. The van der Waals surface area contributed by atoms with E-state index < -0.39 is 0 Å². The van der Waals surface area contributed by atoms with Crippen LogP contribution in [0.25, 0.3) is 0 Å². The van der Waals surface area contributed by atoms with Gasteiger partial charge in [-0.3, -0.25) is 0 Å². The molecule has 13 heavy (non-hydrogen) atoms. The lowest BCUT2D eigenvalue weighted by atomic mass is 10.0. The number of rotatable bonds is 3. The summed E-state index contributed by atoms with van der Waals surface area (Å²) in [5.74, 6) is 0. The molecule has 3 atom stereocenters. The molecule has 0 saturated carbocycles. The van der Waals surface area contributed by atoms with Crippen LogP contribution in [0.3, 0.4) is 0 Å². The van der Waals surface area contributed by atoms with Crippen molar-refractivity contribution in [3.63, 3.8) is 0 Å². The summed E-state index contributed by atoms with van der Waals surface area (Å²) in [6.45, 7) is 4.38. The Balaban J connectivity index is 1.81. The average molecular weight is 183 g/mol. The normalized spacial score (nSPS) is 40.6. The molecule has 2 aliphatic rings. The Labute approximate surface area is 81.0 Å². The summed E-state index contributed by atoms with van der Waals surface area (Å²) in [7, 11) is 0. The van der Waals surface area contributed by atoms with Gasteiger partial charge in [-0.05, 0) is 39.0 Å². The predicted octanol–water partition coefficient (Wildman–Crippen LogP) is 2.08. The van der Waals surface area contributed by atoms with Crippen molar-refractivity contribution in [1.82, 2.24) is 5.32 Å². The molecule has 2 heteroatoms. The Morgan fingerprint density at radius 1 is 1.31 bits per heavy atom. The van der Waals surface area contributed by atoms with E-state index in [2.05, 4.69) is 19.2 Å². The fraction of sp³-hybridized carbons (Fsp3) is 1.00. The minimum absolute atomic E-state index is 0.447. The van der Waals surface area contributed by atoms with Crippen LogP contribution in [0.4, 0.5) is 0 Å². The Hall–Kier alpha value is -0.0800. The number of nitrogens with one attached hydrogen (secondary N) is 1. The molecule has 0 aromatic heterocycles. The highest BCUT2D eigenvalue weighted by atomic mass is 16.5. The fourth-order valence-corrected chi connectivity index (χ4v) is 2.54. The molecule has 0 radical (unpaired) electrons. The number of ether oxygens (including phenoxy) is 1. The molecule has 0 aromatic rings. The lowest BCUT2D eigenvalue weighted by Gasteiger charge is -2.30. The largest absolute Gasteiger partial charge is 0.375 e. The van der Waals surface area contributed by atoms with E-state index in [9.17, 15) is 0 Å². The van der Waals surface area contributed by atoms with E-state index in [1.54, 1.807) is 0 Å². The van der Waals surface area contributed by atoms with Gasteiger partial charge in [0.25, 0.3) is 0 Å². The van der Waals surface area contributed by atoms with Crippen molar-refractivity contribution < 1.29 is 4.74 Å². The molecule has 0 aliphatic carbocycles. The van der Waals surface area contributed by atoms with Crippen LogP contribution in [-0.4, -0.2) is 24.3 Å². The van der Waals surface area contributed by atoms with E-state index in [1.165, 1.54) is 25.7 Å². The lowest BCUT2D eigenvalue weighted by molar-refractivity contribution is -0.0277. The van der Waals surface area contributed by atoms with Crippen LogP contribution in [0.1, 0.15) is 46.0 Å². The number of hydrogen-bond donors (Lipinski definition) is 1. The monoisotopic (exact) mass is 183 g/mol. The minimum atomic E-state index is 0.447. The van der Waals surface area contributed by atoms with Gasteiger partial charge in [-0.15, -0.1) is 0 Å². The maximum atomic E-state index is 5.98. The van der Waals surface area contributed by atoms with E-state index >= 15 is 0 Å². The summed E-state index contributed by atoms with van der Waals surface area (Å²) in [5, 5.41) is 3.63. The zero-order chi connectivity index (χ0) is 9.26. The van der Waals surface area contributed by atoms with E-state index in [-0.39, 0.29) is 0 Å². The summed E-state index contributed by atoms with van der Waals surface area (Å²) in [6.07, 6.45) is 7.33. The van der Waals surface area contributed by atoms with Gasteiger partial charge >= 0.3 is 0 Å². The molecule has 76 valence electrons. The van der Waals surface area contributed by atoms with Crippen molar-refractivity contribution in [1.29, 1.82) is 0 Å². The lowest BCUT2D eigenvalue weighted by Crippen LogP contribution is -2.42. The molecule has 1 N–H and O–H groups in total. The Morgan fingerprint density at radius 3 is 2.46 bits per heavy atom. The van der Waals surface area contributed by atoms with Crippen LogP contribution in [0.2, 0.25) is 0 Å². The van der Waals surface area contributed by atoms with Crippen LogP contribution in [0.15, 0.2) is 0 Å². The Morgan fingerprint density at radius 2 is 1.92 bits per heavy atom. The molecule has 2 rings (SSSR count). The Kier molecular flexibility index (Phi) is 2.89. The van der Waals surface area contributed by atoms with Crippen LogP contribution < -0.4 is 5.32 Å². The zero-order valence-electron chi connectivity index (χ0n) is 8.75. The van der Waals surface area contributed by atoms with Gasteiger partial charge in [0.2, 0.25) is 0 Å². The Bertz CT molecular complexity index is 159. The first kappa shape index (κ1) is 9.47. The second-order valence-corrected chi connectivity index (χ2v) is 4.59. The van der Waals surface area contributed by atoms with Crippen molar-refractivity contribution in [2.45, 2.75) is 70.2 Å². The summed E-state index contributed by atoms with van der Waals surface area (Å²) in [4.78, 5) is 0. The second kappa shape index (κ2) is 3.97. The van der Waals surface area contributed by atoms with Crippen LogP contribution in [0, 0.1) is 0 Å². The van der Waals surface area contributed by atoms with Gasteiger partial charge in [-0.1, -0.05) is 6.92 Å². The molecule has 0 amide bonds. The third-order valence-electron chi connectivity index (χ3n) is 3.43. The molecule has 2 nitrogen and oxygen atoms in total. The first-order valence-corrected chi connectivity index (χ1v) is 5.69. The van der Waals surface area contributed by atoms with Crippen LogP contribution in [0.5, 0.6) is 0 Å². The SMILES string of the molecule is CCC(C)OC1CC2CCC(C1)N2. The van der Waals surface area contributed by atoms with E-state index in [0.717, 1.165) is 18.5 Å². The summed E-state index contributed by atoms with van der Waals surface area (Å²) < 4.78 is 5.98. The van der Waals surface area contributed by atoms with Gasteiger partial charge in [0.1, 0.15) is 0 Å². The summed E-state index contributed by atoms with van der Waals surface area (Å²) in [5.41, 5.74) is 0. The quantitative estimate of drug-likeness (QED) is 0.723. The van der Waals surface area contributed by atoms with Gasteiger partial charge in [0.05, 0.1) is 12.2 Å². The van der Waals surface area contributed by atoms with Gasteiger partial charge < -0.3 is 10.1 Å². The van der Waals surface area contributed by atoms with Crippen molar-refractivity contribution in [2.75, 3.05) is 0 Å². The number of piperidine rings is 1. The third kappa shape index (κ3) is 2.23. The topological polar surface area (TPSA) is 21.3 Å². The molecular formula is C11H21NO. The third-order valence-corrected chi connectivity index (χ3v) is 3.43. The van der Waals surface area contributed by atoms with Gasteiger partial charge in [-0.2, -0.15) is 0 Å². The van der Waals surface area contributed by atoms with Gasteiger partial charge in [0, 0.05) is 12.1 Å². The van der Waals surface area contributed by atoms with Gasteiger partial charge in [-0.25, -0.2) is 0 Å². The first-order valence-electron chi connectivity index (χ1n) is 5.69. The molecule has 3 unspecified atom stereocenters. The second-order valence-electron chi connectivity index (χ2n) is 4.59. The van der Waals surface area contributed by atoms with Crippen molar-refractivity contribution in [3.8, 4) is 0 Å². The van der Waals surface area contributed by atoms with Crippen molar-refractivity contribution in [2.24, 2.45) is 0 Å². The van der Waals surface area contributed by atoms with Crippen LogP contribution in [-0.2, 0) is 4.74 Å². The standard InChI is InChI=1S/C11H21NO/c1-3-8(2)13-11-6-9-4-5-10(7-11)12-9/h8-12H,3-7H2,1-2H3. The van der Waals surface area contributed by atoms with E-state index in [0.29, 0.717) is 12.2 Å². The minimum Gasteiger partial charge on any atom is -0.375 e. The highest BCUT2D eigenvalue weighted by Crippen LogP contribution is 2.29. The number of fused-ring (bicyclic) bond motifs is 2. The number of hydrogen-bond acceptors (Lipinski definition) is 2. The van der Waals surface area contributed by atoms with Crippen LogP contribution >= 0.6 is 0 Å². The smallest absolute Gasteiger partial charge is 0.0608 e. The predicted molar refractivity (Wildman–Crippen MR) is 53.8 cm³/mol. The zero-order valence-corrected chi connectivity index (χ0v) is 8.75. The molecule has 2 aliphatic heterocycles. The summed E-state index contributed by atoms with van der Waals surface area (Å²) in [6, 6.07) is 1.51. The van der Waals surface area contributed by atoms with Crippen molar-refractivity contribution in [3.05, 3.63) is 0 Å². The highest BCUT2D eigenvalue weighted by molar-refractivity contribution is 4.92. The summed E-state index contributed by atoms with van der Waals surface area (Å²) >= 11 is 0. The van der Waals surface area contributed by atoms with Gasteiger partial charge in [0.15, 0.2) is 0 Å². The van der Waals surface area contributed by atoms with E-state index in [4.69, 9.17) is 4.74 Å². The molecular weight excluding hydrogens is 162 g/mol. The highest BCUT2D eigenvalue weighted by Gasteiger charge is 2.34. The molecule has 2 fully saturated rings. The maximum Gasteiger partial charge on any atom is 0.0608 e. The van der Waals surface area contributed by atoms with E-state index in [1.807, 2.05) is 0 Å². The fourth-order valence-electron chi connectivity index (χ4n) is 2.54. The molecule has 2 heterocycles. The molecule has 2 saturated heterocycles. The average Bonchev–Trinajstić information content (AvgIpc) is 2.46. The molecule has 0 aromatic carbocycles. The first-order chi connectivity index (χ1) is 6.28. The van der Waals surface area contributed by atoms with Crippen molar-refractivity contribution >= 4 is 0 Å². The molecule has 0 spiro atoms.